The smallest absolute Gasteiger partial charge is 0.267 e. The van der Waals surface area contributed by atoms with Crippen molar-refractivity contribution in [2.24, 2.45) is 5.41 Å². The molecule has 5 nitrogen and oxygen atoms in total. The van der Waals surface area contributed by atoms with Gasteiger partial charge in [0.25, 0.3) is 5.91 Å². The molecule has 1 aliphatic rings. The summed E-state index contributed by atoms with van der Waals surface area (Å²) in [6, 6.07) is 3.67. The molecule has 5 heteroatoms. The Kier molecular flexibility index (Phi) is 5.20. The number of aliphatic hydroxyl groups is 1. The highest BCUT2D eigenvalue weighted by Gasteiger charge is 2.33. The Morgan fingerprint density at radius 2 is 2.25 bits per heavy atom. The molecule has 2 rings (SSSR count). The number of nitrogens with zero attached hydrogens (tertiary/aromatic N) is 1. The van der Waals surface area contributed by atoms with E-state index in [1.807, 2.05) is 22.9 Å². The number of rotatable bonds is 7. The van der Waals surface area contributed by atoms with Crippen molar-refractivity contribution in [1.82, 2.24) is 9.88 Å². The van der Waals surface area contributed by atoms with Crippen LogP contribution in [0.2, 0.25) is 0 Å². The van der Waals surface area contributed by atoms with Crippen LogP contribution in [0, 0.1) is 5.41 Å². The summed E-state index contributed by atoms with van der Waals surface area (Å²) in [5.74, 6) is -0.0779. The molecular weight excluding hydrogens is 256 g/mol. The molecule has 1 amide bonds. The summed E-state index contributed by atoms with van der Waals surface area (Å²) in [5.41, 5.74) is 0.535. The number of aromatic nitrogens is 1. The van der Waals surface area contributed by atoms with E-state index >= 15 is 0 Å². The number of hydrogen-bond donors (Lipinski definition) is 2. The molecule has 0 aliphatic heterocycles. The Morgan fingerprint density at radius 3 is 2.90 bits per heavy atom. The second-order valence-electron chi connectivity index (χ2n) is 5.63. The minimum Gasteiger partial charge on any atom is -0.396 e. The molecule has 2 N–H and O–H groups in total. The number of nitrogens with one attached hydrogen (secondary N) is 1. The van der Waals surface area contributed by atoms with E-state index in [2.05, 4.69) is 5.32 Å². The van der Waals surface area contributed by atoms with Gasteiger partial charge in [-0.05, 0) is 25.0 Å². The molecular formula is C15H24N2O3. The first-order valence-corrected chi connectivity index (χ1v) is 7.24. The molecule has 0 bridgehead atoms. The summed E-state index contributed by atoms with van der Waals surface area (Å²) in [7, 11) is 1.65. The molecule has 0 aromatic carbocycles. The van der Waals surface area contributed by atoms with Gasteiger partial charge in [-0.3, -0.25) is 4.79 Å². The average Bonchev–Trinajstić information content (AvgIpc) is 3.12. The fourth-order valence-corrected chi connectivity index (χ4v) is 2.88. The SMILES string of the molecule is COCCn1cccc1C(=O)NCC1(CO)CCCC1. The van der Waals surface area contributed by atoms with Crippen molar-refractivity contribution >= 4 is 5.91 Å². The Hall–Kier alpha value is -1.33. The number of hydrogen-bond acceptors (Lipinski definition) is 3. The van der Waals surface area contributed by atoms with E-state index in [1.54, 1.807) is 7.11 Å². The highest BCUT2D eigenvalue weighted by atomic mass is 16.5. The molecule has 112 valence electrons. The van der Waals surface area contributed by atoms with E-state index in [1.165, 1.54) is 0 Å². The van der Waals surface area contributed by atoms with E-state index in [0.29, 0.717) is 25.4 Å². The van der Waals surface area contributed by atoms with Crippen molar-refractivity contribution in [2.45, 2.75) is 32.2 Å². The lowest BCUT2D eigenvalue weighted by molar-refractivity contribution is 0.0869. The molecule has 1 saturated carbocycles. The lowest BCUT2D eigenvalue weighted by Gasteiger charge is -2.26. The number of carbonyl (C=O) groups is 1. The van der Waals surface area contributed by atoms with Crippen LogP contribution in [-0.4, -0.2) is 42.4 Å². The highest BCUT2D eigenvalue weighted by molar-refractivity contribution is 5.92. The molecule has 1 aromatic rings. The molecule has 0 saturated heterocycles. The number of methoxy groups -OCH3 is 1. The van der Waals surface area contributed by atoms with E-state index in [-0.39, 0.29) is 17.9 Å². The van der Waals surface area contributed by atoms with Gasteiger partial charge in [-0.25, -0.2) is 0 Å². The van der Waals surface area contributed by atoms with Gasteiger partial charge in [0.2, 0.25) is 0 Å². The van der Waals surface area contributed by atoms with Crippen molar-refractivity contribution < 1.29 is 14.6 Å². The Balaban J connectivity index is 1.93. The zero-order valence-electron chi connectivity index (χ0n) is 12.1. The van der Waals surface area contributed by atoms with Gasteiger partial charge in [0, 0.05) is 31.8 Å². The third-order valence-corrected chi connectivity index (χ3v) is 4.22. The third kappa shape index (κ3) is 3.41. The zero-order valence-corrected chi connectivity index (χ0v) is 12.1. The highest BCUT2D eigenvalue weighted by Crippen LogP contribution is 2.36. The fraction of sp³-hybridized carbons (Fsp3) is 0.667. The van der Waals surface area contributed by atoms with E-state index < -0.39 is 0 Å². The maximum Gasteiger partial charge on any atom is 0.267 e. The van der Waals surface area contributed by atoms with Gasteiger partial charge in [-0.1, -0.05) is 12.8 Å². The maximum atomic E-state index is 12.3. The van der Waals surface area contributed by atoms with Crippen LogP contribution in [0.3, 0.4) is 0 Å². The van der Waals surface area contributed by atoms with Gasteiger partial charge >= 0.3 is 0 Å². The summed E-state index contributed by atoms with van der Waals surface area (Å²) in [6.45, 7) is 1.95. The molecule has 1 aliphatic carbocycles. The van der Waals surface area contributed by atoms with Crippen LogP contribution in [0.15, 0.2) is 18.3 Å². The number of amides is 1. The van der Waals surface area contributed by atoms with Gasteiger partial charge in [-0.15, -0.1) is 0 Å². The molecule has 1 fully saturated rings. The molecule has 0 atom stereocenters. The van der Waals surface area contributed by atoms with E-state index in [9.17, 15) is 9.90 Å². The Labute approximate surface area is 119 Å². The average molecular weight is 280 g/mol. The van der Waals surface area contributed by atoms with Crippen LogP contribution < -0.4 is 5.32 Å². The van der Waals surface area contributed by atoms with E-state index in [4.69, 9.17) is 4.74 Å². The lowest BCUT2D eigenvalue weighted by atomic mass is 9.87. The van der Waals surface area contributed by atoms with Crippen molar-refractivity contribution in [2.75, 3.05) is 26.9 Å². The summed E-state index contributed by atoms with van der Waals surface area (Å²) < 4.78 is 6.93. The van der Waals surface area contributed by atoms with Crippen molar-refractivity contribution in [3.8, 4) is 0 Å². The summed E-state index contributed by atoms with van der Waals surface area (Å²) >= 11 is 0. The van der Waals surface area contributed by atoms with Crippen molar-refractivity contribution in [3.63, 3.8) is 0 Å². The predicted octanol–water partition coefficient (Wildman–Crippen LogP) is 1.42. The minimum absolute atomic E-state index is 0.0779. The molecule has 20 heavy (non-hydrogen) atoms. The first kappa shape index (κ1) is 15.1. The monoisotopic (exact) mass is 280 g/mol. The summed E-state index contributed by atoms with van der Waals surface area (Å²) in [6.07, 6.45) is 6.15. The second-order valence-corrected chi connectivity index (χ2v) is 5.63. The maximum absolute atomic E-state index is 12.3. The number of ether oxygens (including phenoxy) is 1. The molecule has 1 aromatic heterocycles. The van der Waals surface area contributed by atoms with Gasteiger partial charge in [0.05, 0.1) is 13.2 Å². The quantitative estimate of drug-likeness (QED) is 0.794. The molecule has 0 unspecified atom stereocenters. The van der Waals surface area contributed by atoms with Crippen LogP contribution >= 0.6 is 0 Å². The largest absolute Gasteiger partial charge is 0.396 e. The van der Waals surface area contributed by atoms with E-state index in [0.717, 1.165) is 25.7 Å². The summed E-state index contributed by atoms with van der Waals surface area (Å²) in [4.78, 5) is 12.3. The predicted molar refractivity (Wildman–Crippen MR) is 76.6 cm³/mol. The number of carbonyl (C=O) groups excluding carboxylic acids is 1. The fourth-order valence-electron chi connectivity index (χ4n) is 2.88. The number of aliphatic hydroxyl groups excluding tert-OH is 1. The summed E-state index contributed by atoms with van der Waals surface area (Å²) in [5, 5.41) is 12.5. The lowest BCUT2D eigenvalue weighted by Crippen LogP contribution is -2.39. The van der Waals surface area contributed by atoms with Gasteiger partial charge < -0.3 is 19.7 Å². The first-order chi connectivity index (χ1) is 9.71. The topological polar surface area (TPSA) is 63.5 Å². The van der Waals surface area contributed by atoms with Crippen molar-refractivity contribution in [3.05, 3.63) is 24.0 Å². The van der Waals surface area contributed by atoms with Crippen molar-refractivity contribution in [1.29, 1.82) is 0 Å². The van der Waals surface area contributed by atoms with Crippen LogP contribution in [0.1, 0.15) is 36.2 Å². The Bertz CT molecular complexity index is 436. The van der Waals surface area contributed by atoms with Gasteiger partial charge in [-0.2, -0.15) is 0 Å². The van der Waals surface area contributed by atoms with Gasteiger partial charge in [0.1, 0.15) is 5.69 Å². The molecule has 0 radical (unpaired) electrons. The normalized spacial score (nSPS) is 17.3. The Morgan fingerprint density at radius 1 is 1.50 bits per heavy atom. The zero-order chi connectivity index (χ0) is 14.4. The second kappa shape index (κ2) is 6.90. The van der Waals surface area contributed by atoms with Crippen LogP contribution in [0.4, 0.5) is 0 Å². The molecule has 1 heterocycles. The molecule has 0 spiro atoms. The van der Waals surface area contributed by atoms with Gasteiger partial charge in [0.15, 0.2) is 0 Å². The van der Waals surface area contributed by atoms with Crippen LogP contribution in [-0.2, 0) is 11.3 Å². The van der Waals surface area contributed by atoms with Crippen LogP contribution in [0.25, 0.3) is 0 Å². The van der Waals surface area contributed by atoms with Crippen LogP contribution in [0.5, 0.6) is 0 Å². The first-order valence-electron chi connectivity index (χ1n) is 7.24. The standard InChI is InChI=1S/C15H24N2O3/c1-20-10-9-17-8-4-5-13(17)14(19)16-11-15(12-18)6-2-3-7-15/h4-5,8,18H,2-3,6-7,9-12H2,1H3,(H,16,19). The minimum atomic E-state index is -0.111. The third-order valence-electron chi connectivity index (χ3n) is 4.22.